The van der Waals surface area contributed by atoms with Crippen LogP contribution in [0, 0.1) is 23.7 Å². The molecule has 0 spiro atoms. The van der Waals surface area contributed by atoms with Gasteiger partial charge in [0.25, 0.3) is 0 Å². The van der Waals surface area contributed by atoms with Gasteiger partial charge in [-0.3, -0.25) is 0 Å². The zero-order valence-corrected chi connectivity index (χ0v) is 38.7. The van der Waals surface area contributed by atoms with Crippen LogP contribution in [0.1, 0.15) is 217 Å². The first kappa shape index (κ1) is 50.0. The van der Waals surface area contributed by atoms with E-state index in [1.165, 1.54) is 152 Å². The number of carboxylic acid groups (broad SMARTS) is 2. The number of aryl methyl sites for hydroxylation is 2. The second kappa shape index (κ2) is 27.4. The molecule has 2 aromatic rings. The fourth-order valence-corrected chi connectivity index (χ4v) is 10.7. The van der Waals surface area contributed by atoms with E-state index < -0.39 is 23.1 Å². The molecule has 2 saturated carbocycles. The van der Waals surface area contributed by atoms with Crippen molar-refractivity contribution in [1.29, 1.82) is 0 Å². The van der Waals surface area contributed by atoms with Crippen LogP contribution in [0.15, 0.2) is 48.5 Å². The van der Waals surface area contributed by atoms with E-state index in [2.05, 4.69) is 38.1 Å². The number of carbonyl (C=O) groups is 2. The van der Waals surface area contributed by atoms with Gasteiger partial charge in [0.05, 0.1) is 13.2 Å². The molecule has 2 aliphatic carbocycles. The summed E-state index contributed by atoms with van der Waals surface area (Å²) in [4.78, 5) is 26.6. The zero-order chi connectivity index (χ0) is 43.1. The molecule has 0 bridgehead atoms. The summed E-state index contributed by atoms with van der Waals surface area (Å²) in [7, 11) is 0. The van der Waals surface area contributed by atoms with Gasteiger partial charge in [-0.2, -0.15) is 0 Å². The Kier molecular flexibility index (Phi) is 22.8. The smallest absolute Gasteiger partial charge is 0.339 e. The SMILES string of the molecule is CCCCC[C@H]1CC[C@H](CCCCc2ccc(CO[C@@](CCC)(C(=O)O)[C@@](CCC)(OCc3ccc(CCCC[C@H]4CC[C@H](CCCCC)CC4)cc3)C(=O)O)cc2)CC1. The molecule has 0 aromatic heterocycles. The molecule has 2 aromatic carbocycles. The van der Waals surface area contributed by atoms with Gasteiger partial charge >= 0.3 is 11.9 Å². The van der Waals surface area contributed by atoms with Crippen molar-refractivity contribution in [2.24, 2.45) is 23.7 Å². The number of rotatable bonds is 31. The Morgan fingerprint density at radius 2 is 0.733 bits per heavy atom. The van der Waals surface area contributed by atoms with Crippen LogP contribution in [0.5, 0.6) is 0 Å². The lowest BCUT2D eigenvalue weighted by Crippen LogP contribution is -2.66. The fourth-order valence-electron chi connectivity index (χ4n) is 10.7. The summed E-state index contributed by atoms with van der Waals surface area (Å²) >= 11 is 0. The second-order valence-corrected chi connectivity index (χ2v) is 19.2. The van der Waals surface area contributed by atoms with Crippen molar-refractivity contribution in [1.82, 2.24) is 0 Å². The van der Waals surface area contributed by atoms with E-state index >= 15 is 0 Å². The summed E-state index contributed by atoms with van der Waals surface area (Å²) in [6.07, 6.45) is 32.8. The van der Waals surface area contributed by atoms with Crippen molar-refractivity contribution in [2.75, 3.05) is 0 Å². The Labute approximate surface area is 366 Å². The third-order valence-corrected chi connectivity index (χ3v) is 14.6. The van der Waals surface area contributed by atoms with E-state index in [-0.39, 0.29) is 26.1 Å². The number of hydrogen-bond donors (Lipinski definition) is 2. The number of benzene rings is 2. The third kappa shape index (κ3) is 15.6. The van der Waals surface area contributed by atoms with Gasteiger partial charge in [0.15, 0.2) is 0 Å². The predicted octanol–water partition coefficient (Wildman–Crippen LogP) is 14.9. The Balaban J connectivity index is 1.27. The lowest BCUT2D eigenvalue weighted by Gasteiger charge is -2.44. The minimum atomic E-state index is -2.06. The number of ether oxygens (including phenoxy) is 2. The van der Waals surface area contributed by atoms with Crippen molar-refractivity contribution >= 4 is 11.9 Å². The summed E-state index contributed by atoms with van der Waals surface area (Å²) in [5.74, 6) is 1.12. The summed E-state index contributed by atoms with van der Waals surface area (Å²) in [5.41, 5.74) is 0.0564. The highest BCUT2D eigenvalue weighted by Crippen LogP contribution is 2.41. The van der Waals surface area contributed by atoms with Gasteiger partial charge in [-0.05, 0) is 84.5 Å². The summed E-state index contributed by atoms with van der Waals surface area (Å²) in [6, 6.07) is 16.4. The molecule has 6 heteroatoms. The summed E-state index contributed by atoms with van der Waals surface area (Å²) < 4.78 is 12.7. The predicted molar refractivity (Wildman–Crippen MR) is 247 cm³/mol. The molecule has 0 saturated heterocycles. The van der Waals surface area contributed by atoms with Crippen molar-refractivity contribution in [3.05, 3.63) is 70.8 Å². The van der Waals surface area contributed by atoms with Crippen LogP contribution >= 0.6 is 0 Å². The molecular weight excluding hydrogens is 745 g/mol. The first-order valence-electron chi connectivity index (χ1n) is 25.1. The Bertz CT molecular complexity index is 1340. The van der Waals surface area contributed by atoms with Crippen molar-refractivity contribution in [2.45, 2.75) is 232 Å². The molecule has 338 valence electrons. The summed E-state index contributed by atoms with van der Waals surface area (Å²) in [5, 5.41) is 21.7. The molecule has 0 amide bonds. The second-order valence-electron chi connectivity index (χ2n) is 19.2. The summed E-state index contributed by atoms with van der Waals surface area (Å²) in [6.45, 7) is 8.30. The number of unbranched alkanes of at least 4 members (excludes halogenated alkanes) is 6. The van der Waals surface area contributed by atoms with Crippen LogP contribution in [-0.4, -0.2) is 33.4 Å². The quantitative estimate of drug-likeness (QED) is 0.0735. The van der Waals surface area contributed by atoms with Crippen molar-refractivity contribution in [3.63, 3.8) is 0 Å². The van der Waals surface area contributed by atoms with Gasteiger partial charge < -0.3 is 19.7 Å². The number of carboxylic acids is 2. The molecule has 0 unspecified atom stereocenters. The van der Waals surface area contributed by atoms with Crippen molar-refractivity contribution in [3.8, 4) is 0 Å². The average molecular weight is 831 g/mol. The standard InChI is InChI=1S/C54H86O6/c1-5-9-11-17-43-23-27-45(28-24-43)19-13-15-21-47-31-35-49(36-32-47)41-59-53(39-7-3,51(55)56)54(40-8-4,52(57)58)60-42-50-37-33-48(34-38-50)22-16-14-20-46-29-25-44(26-30-46)18-12-10-6-2/h31-38,43-46H,5-30,39-42H2,1-4H3,(H,55,56)(H,57,58)/t43-,44-,45-,46-,53-,54-/m0/s1. The fraction of sp³-hybridized carbons (Fsp3) is 0.741. The number of hydrogen-bond acceptors (Lipinski definition) is 4. The highest BCUT2D eigenvalue weighted by molar-refractivity contribution is 5.91. The van der Waals surface area contributed by atoms with Gasteiger partial charge in [0.1, 0.15) is 0 Å². The van der Waals surface area contributed by atoms with E-state index in [0.29, 0.717) is 12.8 Å². The largest absolute Gasteiger partial charge is 0.479 e. The van der Waals surface area contributed by atoms with Crippen LogP contribution in [-0.2, 0) is 45.1 Å². The lowest BCUT2D eigenvalue weighted by molar-refractivity contribution is -0.240. The molecule has 0 aliphatic heterocycles. The van der Waals surface area contributed by atoms with Crippen LogP contribution in [0.25, 0.3) is 0 Å². The molecule has 2 atom stereocenters. The highest BCUT2D eigenvalue weighted by Gasteiger charge is 2.63. The van der Waals surface area contributed by atoms with Crippen LogP contribution < -0.4 is 0 Å². The number of aliphatic carboxylic acids is 2. The molecule has 6 nitrogen and oxygen atoms in total. The van der Waals surface area contributed by atoms with E-state index in [1.54, 1.807) is 0 Å². The maximum absolute atomic E-state index is 13.3. The first-order valence-corrected chi connectivity index (χ1v) is 25.1. The first-order chi connectivity index (χ1) is 29.2. The molecule has 2 aliphatic rings. The lowest BCUT2D eigenvalue weighted by atomic mass is 9.75. The Morgan fingerprint density at radius 3 is 1.00 bits per heavy atom. The topological polar surface area (TPSA) is 93.1 Å². The van der Waals surface area contributed by atoms with Gasteiger partial charge in [-0.15, -0.1) is 0 Å². The van der Waals surface area contributed by atoms with Gasteiger partial charge in [-0.1, -0.05) is 217 Å². The minimum absolute atomic E-state index is 0.00911. The minimum Gasteiger partial charge on any atom is -0.479 e. The maximum Gasteiger partial charge on any atom is 0.339 e. The van der Waals surface area contributed by atoms with Gasteiger partial charge in [0, 0.05) is 0 Å². The van der Waals surface area contributed by atoms with Crippen LogP contribution in [0.3, 0.4) is 0 Å². The monoisotopic (exact) mass is 831 g/mol. The molecule has 0 heterocycles. The maximum atomic E-state index is 13.3. The molecule has 4 rings (SSSR count). The molecule has 0 radical (unpaired) electrons. The van der Waals surface area contributed by atoms with Gasteiger partial charge in [0.2, 0.25) is 11.2 Å². The van der Waals surface area contributed by atoms with E-state index in [9.17, 15) is 19.8 Å². The van der Waals surface area contributed by atoms with Gasteiger partial charge in [-0.25, -0.2) is 9.59 Å². The molecular formula is C54H86O6. The highest BCUT2D eigenvalue weighted by atomic mass is 16.6. The molecule has 60 heavy (non-hydrogen) atoms. The Hall–Kier alpha value is -2.70. The van der Waals surface area contributed by atoms with E-state index in [1.807, 2.05) is 38.1 Å². The Morgan fingerprint density at radius 1 is 0.450 bits per heavy atom. The van der Waals surface area contributed by atoms with Crippen LogP contribution in [0.4, 0.5) is 0 Å². The average Bonchev–Trinajstić information content (AvgIpc) is 3.26. The normalized spacial score (nSPS) is 21.6. The van der Waals surface area contributed by atoms with Crippen molar-refractivity contribution < 1.29 is 29.3 Å². The molecule has 2 fully saturated rings. The van der Waals surface area contributed by atoms with E-state index in [0.717, 1.165) is 47.6 Å². The zero-order valence-electron chi connectivity index (χ0n) is 38.7. The van der Waals surface area contributed by atoms with E-state index in [4.69, 9.17) is 9.47 Å². The third-order valence-electron chi connectivity index (χ3n) is 14.6. The molecule has 2 N–H and O–H groups in total. The van der Waals surface area contributed by atoms with Crippen LogP contribution in [0.2, 0.25) is 0 Å².